The molecule has 2 heteroatoms. The molecule has 0 amide bonds. The Labute approximate surface area is 37.8 Å². The summed E-state index contributed by atoms with van der Waals surface area (Å²) in [6, 6.07) is 0. The summed E-state index contributed by atoms with van der Waals surface area (Å²) in [6.07, 6.45) is 1.35. The largest absolute Gasteiger partial charge is 0.417 e. The second-order valence-corrected chi connectivity index (χ2v) is 0.782. The van der Waals surface area contributed by atoms with Gasteiger partial charge in [0.15, 0.2) is 0 Å². The number of hydrogen-bond acceptors (Lipinski definition) is 2. The van der Waals surface area contributed by atoms with E-state index in [0.29, 0.717) is 0 Å². The molecule has 0 aliphatic carbocycles. The highest BCUT2D eigenvalue weighted by Gasteiger charge is 1.64. The molecule has 0 aliphatic heterocycles. The smallest absolute Gasteiger partial charge is 0.104 e. The van der Waals surface area contributed by atoms with E-state index >= 15 is 0 Å². The number of hydrogen-bond donors (Lipinski definition) is 1. The molecule has 0 spiro atoms. The van der Waals surface area contributed by atoms with Crippen molar-refractivity contribution < 1.29 is 4.84 Å². The first kappa shape index (κ1) is 5.50. The van der Waals surface area contributed by atoms with Gasteiger partial charge in [-0.15, -0.1) is 0 Å². The first-order valence-electron chi connectivity index (χ1n) is 1.91. The maximum Gasteiger partial charge on any atom is 0.104 e. The fourth-order valence-corrected chi connectivity index (χ4v) is 0.142. The van der Waals surface area contributed by atoms with E-state index in [-0.39, 0.29) is 0 Å². The van der Waals surface area contributed by atoms with E-state index in [9.17, 15) is 0 Å². The third-order valence-electron chi connectivity index (χ3n) is 0.311. The van der Waals surface area contributed by atoms with Gasteiger partial charge in [-0.1, -0.05) is 6.58 Å². The average molecular weight is 87.1 g/mol. The second kappa shape index (κ2) is 4.50. The average Bonchev–Trinajstić information content (AvgIpc) is 1.61. The van der Waals surface area contributed by atoms with Gasteiger partial charge in [0.05, 0.1) is 0 Å². The SMILES string of the molecule is C=CONCC. The van der Waals surface area contributed by atoms with Gasteiger partial charge in [0.25, 0.3) is 0 Å². The molecule has 0 rings (SSSR count). The number of rotatable bonds is 3. The number of hydroxylamine groups is 1. The zero-order valence-electron chi connectivity index (χ0n) is 3.90. The highest BCUT2D eigenvalue weighted by molar-refractivity contribution is 4.44. The fourth-order valence-electron chi connectivity index (χ4n) is 0.142. The lowest BCUT2D eigenvalue weighted by Crippen LogP contribution is -2.07. The van der Waals surface area contributed by atoms with Gasteiger partial charge in [0.1, 0.15) is 6.26 Å². The molecule has 0 heterocycles. The van der Waals surface area contributed by atoms with Gasteiger partial charge in [0.2, 0.25) is 0 Å². The van der Waals surface area contributed by atoms with Crippen LogP contribution in [0.3, 0.4) is 0 Å². The molecule has 2 nitrogen and oxygen atoms in total. The van der Waals surface area contributed by atoms with Crippen molar-refractivity contribution in [2.75, 3.05) is 6.54 Å². The molecule has 0 saturated carbocycles. The normalized spacial score (nSPS) is 7.50. The molecule has 0 aromatic rings. The summed E-state index contributed by atoms with van der Waals surface area (Å²) in [4.78, 5) is 4.50. The highest BCUT2D eigenvalue weighted by atomic mass is 16.6. The number of nitrogens with one attached hydrogen (secondary N) is 1. The second-order valence-electron chi connectivity index (χ2n) is 0.782. The Morgan fingerprint density at radius 3 is 2.83 bits per heavy atom. The quantitative estimate of drug-likeness (QED) is 0.310. The van der Waals surface area contributed by atoms with Crippen molar-refractivity contribution >= 4 is 0 Å². The van der Waals surface area contributed by atoms with Crippen LogP contribution in [0, 0.1) is 0 Å². The first-order chi connectivity index (χ1) is 2.91. The lowest BCUT2D eigenvalue weighted by atomic mass is 10.8. The monoisotopic (exact) mass is 87.1 g/mol. The molecular weight excluding hydrogens is 78.0 g/mol. The summed E-state index contributed by atoms with van der Waals surface area (Å²) >= 11 is 0. The molecular formula is C4H9NO. The molecule has 0 aromatic carbocycles. The van der Waals surface area contributed by atoms with Gasteiger partial charge in [-0.3, -0.25) is 0 Å². The van der Waals surface area contributed by atoms with Gasteiger partial charge in [-0.2, -0.15) is 5.48 Å². The van der Waals surface area contributed by atoms with Crippen LogP contribution >= 0.6 is 0 Å². The summed E-state index contributed by atoms with van der Waals surface area (Å²) in [5.74, 6) is 0. The Hall–Kier alpha value is -0.500. The minimum Gasteiger partial charge on any atom is -0.417 e. The molecule has 0 aliphatic rings. The van der Waals surface area contributed by atoms with Crippen LogP contribution in [0.4, 0.5) is 0 Å². The van der Waals surface area contributed by atoms with Crippen LogP contribution in [0.2, 0.25) is 0 Å². The Bertz CT molecular complexity index is 36.5. The van der Waals surface area contributed by atoms with Crippen molar-refractivity contribution in [2.24, 2.45) is 0 Å². The molecule has 36 valence electrons. The Kier molecular flexibility index (Phi) is 4.12. The Morgan fingerprint density at radius 1 is 2.00 bits per heavy atom. The molecule has 0 aromatic heterocycles. The van der Waals surface area contributed by atoms with Crippen molar-refractivity contribution in [3.8, 4) is 0 Å². The van der Waals surface area contributed by atoms with E-state index in [0.717, 1.165) is 6.54 Å². The van der Waals surface area contributed by atoms with Crippen LogP contribution < -0.4 is 5.48 Å². The van der Waals surface area contributed by atoms with Crippen LogP contribution in [0.1, 0.15) is 6.92 Å². The van der Waals surface area contributed by atoms with Gasteiger partial charge < -0.3 is 4.84 Å². The van der Waals surface area contributed by atoms with Crippen LogP contribution in [0.15, 0.2) is 12.8 Å². The van der Waals surface area contributed by atoms with Gasteiger partial charge >= 0.3 is 0 Å². The molecule has 0 bridgehead atoms. The van der Waals surface area contributed by atoms with E-state index in [2.05, 4.69) is 16.9 Å². The fraction of sp³-hybridized carbons (Fsp3) is 0.500. The van der Waals surface area contributed by atoms with E-state index in [4.69, 9.17) is 0 Å². The maximum atomic E-state index is 4.50. The van der Waals surface area contributed by atoms with Crippen LogP contribution in [0.5, 0.6) is 0 Å². The Morgan fingerprint density at radius 2 is 2.67 bits per heavy atom. The maximum absolute atomic E-state index is 4.50. The predicted molar refractivity (Wildman–Crippen MR) is 25.0 cm³/mol. The van der Waals surface area contributed by atoms with Crippen molar-refractivity contribution in [1.29, 1.82) is 0 Å². The lowest BCUT2D eigenvalue weighted by molar-refractivity contribution is 0.141. The zero-order chi connectivity index (χ0) is 4.83. The van der Waals surface area contributed by atoms with E-state index in [1.54, 1.807) is 0 Å². The molecule has 1 N–H and O–H groups in total. The summed E-state index contributed by atoms with van der Waals surface area (Å²) in [6.45, 7) is 6.07. The first-order valence-corrected chi connectivity index (χ1v) is 1.91. The summed E-state index contributed by atoms with van der Waals surface area (Å²) in [5, 5.41) is 0. The van der Waals surface area contributed by atoms with E-state index in [1.165, 1.54) is 6.26 Å². The molecule has 0 saturated heterocycles. The van der Waals surface area contributed by atoms with Crippen molar-refractivity contribution in [3.63, 3.8) is 0 Å². The van der Waals surface area contributed by atoms with Crippen molar-refractivity contribution in [3.05, 3.63) is 12.8 Å². The van der Waals surface area contributed by atoms with Gasteiger partial charge in [-0.25, -0.2) is 0 Å². The van der Waals surface area contributed by atoms with E-state index in [1.807, 2.05) is 6.92 Å². The summed E-state index contributed by atoms with van der Waals surface area (Å²) < 4.78 is 0. The van der Waals surface area contributed by atoms with Crippen molar-refractivity contribution in [1.82, 2.24) is 5.48 Å². The topological polar surface area (TPSA) is 21.3 Å². The van der Waals surface area contributed by atoms with Gasteiger partial charge in [-0.05, 0) is 6.92 Å². The lowest BCUT2D eigenvalue weighted by Gasteiger charge is -1.92. The third-order valence-corrected chi connectivity index (χ3v) is 0.311. The van der Waals surface area contributed by atoms with Crippen LogP contribution in [0.25, 0.3) is 0 Å². The van der Waals surface area contributed by atoms with Crippen LogP contribution in [-0.4, -0.2) is 6.54 Å². The summed E-state index contributed by atoms with van der Waals surface area (Å²) in [5.41, 5.74) is 2.58. The van der Waals surface area contributed by atoms with Crippen LogP contribution in [-0.2, 0) is 4.84 Å². The van der Waals surface area contributed by atoms with E-state index < -0.39 is 0 Å². The minimum absolute atomic E-state index is 0.812. The molecule has 0 atom stereocenters. The Balaban J connectivity index is 2.49. The highest BCUT2D eigenvalue weighted by Crippen LogP contribution is 1.59. The van der Waals surface area contributed by atoms with Gasteiger partial charge in [0, 0.05) is 6.54 Å². The molecule has 6 heavy (non-hydrogen) atoms. The zero-order valence-corrected chi connectivity index (χ0v) is 3.90. The van der Waals surface area contributed by atoms with Crippen molar-refractivity contribution in [2.45, 2.75) is 6.92 Å². The summed E-state index contributed by atoms with van der Waals surface area (Å²) in [7, 11) is 0. The minimum atomic E-state index is 0.812. The third kappa shape index (κ3) is 3.50. The standard InChI is InChI=1S/C4H9NO/c1-3-5-6-4-2/h4-5H,2-3H2,1H3. The molecule has 0 fully saturated rings. The predicted octanol–water partition coefficient (Wildman–Crippen LogP) is 0.671. The molecule has 0 radical (unpaired) electrons. The molecule has 0 unspecified atom stereocenters.